The maximum Gasteiger partial charge on any atom is 0.235 e. The molecule has 0 aromatic heterocycles. The Morgan fingerprint density at radius 2 is 1.44 bits per heavy atom. The second kappa shape index (κ2) is 9.47. The number of benzene rings is 3. The highest BCUT2D eigenvalue weighted by Gasteiger charge is 2.32. The lowest BCUT2D eigenvalue weighted by molar-refractivity contribution is -0.135. The van der Waals surface area contributed by atoms with Gasteiger partial charge in [-0.15, -0.1) is 0 Å². The predicted octanol–water partition coefficient (Wildman–Crippen LogP) is 5.91. The van der Waals surface area contributed by atoms with Crippen LogP contribution in [0, 0.1) is 0 Å². The molecule has 0 bridgehead atoms. The minimum Gasteiger partial charge on any atom is -0.454 e. The van der Waals surface area contributed by atoms with E-state index in [-0.39, 0.29) is 24.7 Å². The van der Waals surface area contributed by atoms with E-state index in [1.165, 1.54) is 19.3 Å². The SMILES string of the molecule is O=C(C(c1ccccc1)c1ccccc1)N(Cc1ccc2c(c1)OCO2)C1CCCCC1. The number of carbonyl (C=O) groups excluding carboxylic acids is 1. The van der Waals surface area contributed by atoms with Crippen molar-refractivity contribution in [3.8, 4) is 11.5 Å². The van der Waals surface area contributed by atoms with Gasteiger partial charge in [-0.1, -0.05) is 86.0 Å². The molecule has 1 saturated carbocycles. The fourth-order valence-corrected chi connectivity index (χ4v) is 4.95. The summed E-state index contributed by atoms with van der Waals surface area (Å²) >= 11 is 0. The zero-order chi connectivity index (χ0) is 21.8. The molecule has 0 saturated heterocycles. The van der Waals surface area contributed by atoms with Crippen molar-refractivity contribution in [1.29, 1.82) is 0 Å². The molecule has 0 unspecified atom stereocenters. The zero-order valence-corrected chi connectivity index (χ0v) is 18.3. The second-order valence-electron chi connectivity index (χ2n) is 8.70. The number of amides is 1. The van der Waals surface area contributed by atoms with Gasteiger partial charge in [0.2, 0.25) is 12.7 Å². The first kappa shape index (κ1) is 20.6. The summed E-state index contributed by atoms with van der Waals surface area (Å²) in [6.45, 7) is 0.838. The number of nitrogens with zero attached hydrogens (tertiary/aromatic N) is 1. The molecule has 1 aliphatic carbocycles. The number of hydrogen-bond acceptors (Lipinski definition) is 3. The number of hydrogen-bond donors (Lipinski definition) is 0. The summed E-state index contributed by atoms with van der Waals surface area (Å²) in [5, 5.41) is 0. The fraction of sp³-hybridized carbons (Fsp3) is 0.321. The van der Waals surface area contributed by atoms with Crippen molar-refractivity contribution in [3.05, 3.63) is 95.6 Å². The Balaban J connectivity index is 1.50. The number of fused-ring (bicyclic) bond motifs is 1. The third-order valence-electron chi connectivity index (χ3n) is 6.60. The van der Waals surface area contributed by atoms with Crippen LogP contribution in [0.25, 0.3) is 0 Å². The first-order valence-electron chi connectivity index (χ1n) is 11.6. The lowest BCUT2D eigenvalue weighted by Crippen LogP contribution is -2.43. The summed E-state index contributed by atoms with van der Waals surface area (Å²) < 4.78 is 11.1. The number of ether oxygens (including phenoxy) is 2. The molecule has 3 aromatic carbocycles. The van der Waals surface area contributed by atoms with Crippen LogP contribution in [0.1, 0.15) is 54.7 Å². The Morgan fingerprint density at radius 1 is 0.812 bits per heavy atom. The lowest BCUT2D eigenvalue weighted by atomic mass is 9.87. The third-order valence-corrected chi connectivity index (χ3v) is 6.60. The normalized spacial score (nSPS) is 15.7. The van der Waals surface area contributed by atoms with E-state index in [0.717, 1.165) is 41.0 Å². The van der Waals surface area contributed by atoms with Gasteiger partial charge in [-0.3, -0.25) is 4.79 Å². The molecule has 32 heavy (non-hydrogen) atoms. The second-order valence-corrected chi connectivity index (χ2v) is 8.70. The van der Waals surface area contributed by atoms with Crippen molar-refractivity contribution in [2.75, 3.05) is 6.79 Å². The van der Waals surface area contributed by atoms with Gasteiger partial charge in [-0.2, -0.15) is 0 Å². The monoisotopic (exact) mass is 427 g/mol. The summed E-state index contributed by atoms with van der Waals surface area (Å²) in [6, 6.07) is 26.6. The highest BCUT2D eigenvalue weighted by atomic mass is 16.7. The largest absolute Gasteiger partial charge is 0.454 e. The molecular weight excluding hydrogens is 398 g/mol. The van der Waals surface area contributed by atoms with Crippen LogP contribution in [-0.2, 0) is 11.3 Å². The van der Waals surface area contributed by atoms with Gasteiger partial charge in [0.05, 0.1) is 5.92 Å². The number of rotatable bonds is 6. The van der Waals surface area contributed by atoms with Gasteiger partial charge in [0.25, 0.3) is 0 Å². The summed E-state index contributed by atoms with van der Waals surface area (Å²) in [5.74, 6) is 1.40. The molecule has 0 atom stereocenters. The average molecular weight is 428 g/mol. The first-order valence-corrected chi connectivity index (χ1v) is 11.6. The van der Waals surface area contributed by atoms with E-state index in [9.17, 15) is 4.79 Å². The molecule has 1 aliphatic heterocycles. The van der Waals surface area contributed by atoms with Gasteiger partial charge in [0.15, 0.2) is 11.5 Å². The summed E-state index contributed by atoms with van der Waals surface area (Å²) in [7, 11) is 0. The Bertz CT molecular complexity index is 1010. The third kappa shape index (κ3) is 4.36. The van der Waals surface area contributed by atoms with Gasteiger partial charge in [-0.05, 0) is 41.7 Å². The minimum absolute atomic E-state index is 0.173. The molecule has 0 N–H and O–H groups in total. The van der Waals surface area contributed by atoms with Crippen LogP contribution in [0.15, 0.2) is 78.9 Å². The van der Waals surface area contributed by atoms with Gasteiger partial charge >= 0.3 is 0 Å². The van der Waals surface area contributed by atoms with Crippen molar-refractivity contribution in [1.82, 2.24) is 4.90 Å². The van der Waals surface area contributed by atoms with Crippen molar-refractivity contribution in [2.24, 2.45) is 0 Å². The standard InChI is InChI=1S/C28H29NO3/c30-28(27(22-10-4-1-5-11-22)23-12-6-2-7-13-23)29(24-14-8-3-9-15-24)19-21-16-17-25-26(18-21)32-20-31-25/h1-2,4-7,10-13,16-18,24,27H,3,8-9,14-15,19-20H2. The number of carbonyl (C=O) groups is 1. The smallest absolute Gasteiger partial charge is 0.235 e. The molecule has 4 nitrogen and oxygen atoms in total. The highest BCUT2D eigenvalue weighted by Crippen LogP contribution is 2.35. The average Bonchev–Trinajstić information content (AvgIpc) is 3.32. The predicted molar refractivity (Wildman–Crippen MR) is 125 cm³/mol. The van der Waals surface area contributed by atoms with Crippen molar-refractivity contribution in [3.63, 3.8) is 0 Å². The Kier molecular flexibility index (Phi) is 6.11. The van der Waals surface area contributed by atoms with E-state index < -0.39 is 0 Å². The van der Waals surface area contributed by atoms with Gasteiger partial charge in [0, 0.05) is 12.6 Å². The van der Waals surface area contributed by atoms with Gasteiger partial charge < -0.3 is 14.4 Å². The van der Waals surface area contributed by atoms with Gasteiger partial charge in [-0.25, -0.2) is 0 Å². The van der Waals surface area contributed by atoms with Crippen LogP contribution in [0.3, 0.4) is 0 Å². The van der Waals surface area contributed by atoms with E-state index in [1.54, 1.807) is 0 Å². The molecule has 0 spiro atoms. The zero-order valence-electron chi connectivity index (χ0n) is 18.3. The molecule has 3 aromatic rings. The Labute approximate surface area is 189 Å². The Morgan fingerprint density at radius 3 is 2.09 bits per heavy atom. The molecule has 164 valence electrons. The molecule has 1 heterocycles. The van der Waals surface area contributed by atoms with E-state index in [4.69, 9.17) is 9.47 Å². The molecule has 0 radical (unpaired) electrons. The summed E-state index contributed by atoms with van der Waals surface area (Å²) in [4.78, 5) is 16.4. The molecule has 5 rings (SSSR count). The van der Waals surface area contributed by atoms with E-state index in [2.05, 4.69) is 35.2 Å². The van der Waals surface area contributed by atoms with E-state index >= 15 is 0 Å². The molecule has 1 amide bonds. The summed E-state index contributed by atoms with van der Waals surface area (Å²) in [6.07, 6.45) is 5.73. The van der Waals surface area contributed by atoms with E-state index in [1.807, 2.05) is 48.5 Å². The van der Waals surface area contributed by atoms with Crippen molar-refractivity contribution in [2.45, 2.75) is 50.6 Å². The van der Waals surface area contributed by atoms with Crippen LogP contribution in [0.4, 0.5) is 0 Å². The molecule has 2 aliphatic rings. The van der Waals surface area contributed by atoms with Crippen LogP contribution in [-0.4, -0.2) is 23.6 Å². The minimum atomic E-state index is -0.312. The highest BCUT2D eigenvalue weighted by molar-refractivity contribution is 5.87. The Hall–Kier alpha value is -3.27. The molecular formula is C28H29NO3. The van der Waals surface area contributed by atoms with Gasteiger partial charge in [0.1, 0.15) is 0 Å². The lowest BCUT2D eigenvalue weighted by Gasteiger charge is -2.37. The van der Waals surface area contributed by atoms with Crippen LogP contribution < -0.4 is 9.47 Å². The first-order chi connectivity index (χ1) is 15.8. The van der Waals surface area contributed by atoms with Crippen LogP contribution in [0.2, 0.25) is 0 Å². The van der Waals surface area contributed by atoms with Crippen molar-refractivity contribution < 1.29 is 14.3 Å². The topological polar surface area (TPSA) is 38.8 Å². The van der Waals surface area contributed by atoms with Crippen molar-refractivity contribution >= 4 is 5.91 Å². The van der Waals surface area contributed by atoms with Crippen LogP contribution >= 0.6 is 0 Å². The van der Waals surface area contributed by atoms with E-state index in [0.29, 0.717) is 6.54 Å². The summed E-state index contributed by atoms with van der Waals surface area (Å²) in [5.41, 5.74) is 3.15. The fourth-order valence-electron chi connectivity index (χ4n) is 4.95. The maximum absolute atomic E-state index is 14.3. The van der Waals surface area contributed by atoms with Crippen LogP contribution in [0.5, 0.6) is 11.5 Å². The molecule has 1 fully saturated rings. The quantitative estimate of drug-likeness (QED) is 0.491. The maximum atomic E-state index is 14.3. The molecule has 4 heteroatoms.